The number of rotatable bonds is 5. The molecular formula is C23H16ClF2NO3S2. The van der Waals surface area contributed by atoms with Gasteiger partial charge in [0.2, 0.25) is 0 Å². The van der Waals surface area contributed by atoms with E-state index in [9.17, 15) is 22.0 Å². The molecule has 0 spiro atoms. The molecule has 0 atom stereocenters. The Hall–Kier alpha value is -2.81. The summed E-state index contributed by atoms with van der Waals surface area (Å²) >= 11 is 7.42. The van der Waals surface area contributed by atoms with Gasteiger partial charge < -0.3 is 5.32 Å². The second-order valence-electron chi connectivity index (χ2n) is 7.36. The molecule has 32 heavy (non-hydrogen) atoms. The van der Waals surface area contributed by atoms with E-state index in [4.69, 9.17) is 11.6 Å². The van der Waals surface area contributed by atoms with Gasteiger partial charge in [0.15, 0.2) is 9.84 Å². The lowest BCUT2D eigenvalue weighted by molar-refractivity contribution is 0.103. The minimum atomic E-state index is -3.17. The predicted octanol–water partition coefficient (Wildman–Crippen LogP) is 6.30. The molecule has 0 saturated carbocycles. The van der Waals surface area contributed by atoms with Crippen molar-refractivity contribution < 1.29 is 22.0 Å². The Labute approximate surface area is 192 Å². The Morgan fingerprint density at radius 2 is 1.81 bits per heavy atom. The van der Waals surface area contributed by atoms with Crippen LogP contribution < -0.4 is 5.32 Å². The monoisotopic (exact) mass is 491 g/mol. The van der Waals surface area contributed by atoms with Crippen LogP contribution in [-0.4, -0.2) is 20.6 Å². The quantitative estimate of drug-likeness (QED) is 0.356. The first kappa shape index (κ1) is 22.4. The molecule has 9 heteroatoms. The molecule has 1 aromatic heterocycles. The van der Waals surface area contributed by atoms with E-state index in [0.717, 1.165) is 22.2 Å². The van der Waals surface area contributed by atoms with Gasteiger partial charge >= 0.3 is 0 Å². The molecule has 0 aliphatic heterocycles. The lowest BCUT2D eigenvalue weighted by Crippen LogP contribution is -2.10. The summed E-state index contributed by atoms with van der Waals surface area (Å²) in [5, 5.41) is 3.79. The molecule has 1 N–H and O–H groups in total. The summed E-state index contributed by atoms with van der Waals surface area (Å²) in [6, 6.07) is 14.8. The van der Waals surface area contributed by atoms with Gasteiger partial charge in [-0.15, -0.1) is 11.3 Å². The van der Waals surface area contributed by atoms with Gasteiger partial charge in [-0.05, 0) is 65.0 Å². The maximum atomic E-state index is 14.2. The van der Waals surface area contributed by atoms with Crippen LogP contribution in [0.5, 0.6) is 0 Å². The van der Waals surface area contributed by atoms with E-state index in [-0.39, 0.29) is 22.2 Å². The van der Waals surface area contributed by atoms with Crippen molar-refractivity contribution in [3.8, 4) is 11.1 Å². The smallest absolute Gasteiger partial charge is 0.265 e. The number of fused-ring (bicyclic) bond motifs is 1. The molecule has 0 saturated heterocycles. The van der Waals surface area contributed by atoms with Crippen LogP contribution in [0, 0.1) is 11.6 Å². The van der Waals surface area contributed by atoms with Gasteiger partial charge in [-0.1, -0.05) is 17.7 Å². The molecular weight excluding hydrogens is 476 g/mol. The van der Waals surface area contributed by atoms with Crippen LogP contribution in [0.15, 0.2) is 60.7 Å². The summed E-state index contributed by atoms with van der Waals surface area (Å²) in [4.78, 5) is 13.2. The minimum absolute atomic E-state index is 0.0778. The molecule has 4 rings (SSSR count). The lowest BCUT2D eigenvalue weighted by Gasteiger charge is -2.09. The molecule has 0 unspecified atom stereocenters. The summed E-state index contributed by atoms with van der Waals surface area (Å²) < 4.78 is 51.3. The zero-order valence-corrected chi connectivity index (χ0v) is 19.0. The van der Waals surface area contributed by atoms with Crippen LogP contribution in [-0.2, 0) is 15.6 Å². The van der Waals surface area contributed by atoms with E-state index in [2.05, 4.69) is 5.32 Å². The van der Waals surface area contributed by atoms with Crippen LogP contribution in [0.4, 0.5) is 14.5 Å². The van der Waals surface area contributed by atoms with Crippen LogP contribution in [0.2, 0.25) is 5.02 Å². The number of thiophene rings is 1. The van der Waals surface area contributed by atoms with Crippen molar-refractivity contribution in [2.24, 2.45) is 0 Å². The number of benzene rings is 3. The Balaban J connectivity index is 1.61. The zero-order valence-electron chi connectivity index (χ0n) is 16.7. The van der Waals surface area contributed by atoms with E-state index in [0.29, 0.717) is 21.7 Å². The number of nitrogens with one attached hydrogen (secondary N) is 1. The average Bonchev–Trinajstić information content (AvgIpc) is 3.09. The number of sulfone groups is 1. The van der Waals surface area contributed by atoms with Crippen molar-refractivity contribution in [2.45, 2.75) is 5.75 Å². The molecule has 0 bridgehead atoms. The fourth-order valence-corrected chi connectivity index (χ4v) is 5.29. The fourth-order valence-electron chi connectivity index (χ4n) is 3.33. The highest BCUT2D eigenvalue weighted by atomic mass is 35.5. The lowest BCUT2D eigenvalue weighted by atomic mass is 10.0. The zero-order chi connectivity index (χ0) is 23.0. The predicted molar refractivity (Wildman–Crippen MR) is 125 cm³/mol. The molecule has 3 aromatic carbocycles. The Morgan fingerprint density at radius 3 is 2.53 bits per heavy atom. The highest BCUT2D eigenvalue weighted by Crippen LogP contribution is 2.31. The van der Waals surface area contributed by atoms with Crippen molar-refractivity contribution in [1.29, 1.82) is 0 Å². The Morgan fingerprint density at radius 1 is 1.03 bits per heavy atom. The SMILES string of the molecule is CS(=O)(=O)Cc1ccc2sc(C(=O)Nc3cc(Cl)cc(-c4ccc(F)cc4F)c3)cc2c1. The van der Waals surface area contributed by atoms with E-state index in [1.165, 1.54) is 35.8 Å². The van der Waals surface area contributed by atoms with Gasteiger partial charge in [-0.2, -0.15) is 0 Å². The average molecular weight is 492 g/mol. The van der Waals surface area contributed by atoms with Crippen LogP contribution in [0.3, 0.4) is 0 Å². The molecule has 0 aliphatic carbocycles. The molecule has 0 fully saturated rings. The Bertz CT molecular complexity index is 1470. The van der Waals surface area contributed by atoms with E-state index >= 15 is 0 Å². The molecule has 164 valence electrons. The van der Waals surface area contributed by atoms with E-state index < -0.39 is 21.5 Å². The normalized spacial score (nSPS) is 11.6. The molecule has 4 nitrogen and oxygen atoms in total. The van der Waals surface area contributed by atoms with Gasteiger partial charge in [0.25, 0.3) is 5.91 Å². The number of hydrogen-bond donors (Lipinski definition) is 1. The first-order chi connectivity index (χ1) is 15.1. The third-order valence-electron chi connectivity index (χ3n) is 4.63. The number of carbonyl (C=O) groups is 1. The molecule has 0 aliphatic rings. The van der Waals surface area contributed by atoms with Crippen LogP contribution in [0.1, 0.15) is 15.2 Å². The van der Waals surface area contributed by atoms with Crippen LogP contribution in [0.25, 0.3) is 21.2 Å². The summed E-state index contributed by atoms with van der Waals surface area (Å²) in [7, 11) is -3.17. The minimum Gasteiger partial charge on any atom is -0.321 e. The van der Waals surface area contributed by atoms with Crippen molar-refractivity contribution in [3.63, 3.8) is 0 Å². The van der Waals surface area contributed by atoms with Gasteiger partial charge in [0.05, 0.1) is 10.6 Å². The second-order valence-corrected chi connectivity index (χ2v) is 11.0. The highest BCUT2D eigenvalue weighted by Gasteiger charge is 2.14. The third-order valence-corrected chi connectivity index (χ3v) is 6.82. The second kappa shape index (κ2) is 8.61. The number of carbonyl (C=O) groups excluding carboxylic acids is 1. The Kier molecular flexibility index (Phi) is 6.03. The molecule has 1 heterocycles. The van der Waals surface area contributed by atoms with Crippen molar-refractivity contribution in [2.75, 3.05) is 11.6 Å². The topological polar surface area (TPSA) is 63.2 Å². The summed E-state index contributed by atoms with van der Waals surface area (Å²) in [5.74, 6) is -1.89. The molecule has 4 aromatic rings. The van der Waals surface area contributed by atoms with Crippen molar-refractivity contribution in [3.05, 3.63) is 87.8 Å². The maximum absolute atomic E-state index is 14.2. The summed E-state index contributed by atoms with van der Waals surface area (Å²) in [6.45, 7) is 0. The number of hydrogen-bond acceptors (Lipinski definition) is 4. The number of anilines is 1. The van der Waals surface area contributed by atoms with Gasteiger partial charge in [0.1, 0.15) is 11.6 Å². The maximum Gasteiger partial charge on any atom is 0.265 e. The van der Waals surface area contributed by atoms with Crippen LogP contribution >= 0.6 is 22.9 Å². The first-order valence-electron chi connectivity index (χ1n) is 9.35. The van der Waals surface area contributed by atoms with Crippen molar-refractivity contribution in [1.82, 2.24) is 0 Å². The van der Waals surface area contributed by atoms with E-state index in [1.807, 2.05) is 0 Å². The number of amides is 1. The fraction of sp³-hybridized carbons (Fsp3) is 0.0870. The van der Waals surface area contributed by atoms with Gasteiger partial charge in [-0.3, -0.25) is 4.79 Å². The largest absolute Gasteiger partial charge is 0.321 e. The van der Waals surface area contributed by atoms with Gasteiger partial charge in [0, 0.05) is 33.3 Å². The first-order valence-corrected chi connectivity index (χ1v) is 12.6. The van der Waals surface area contributed by atoms with Crippen molar-refractivity contribution >= 4 is 54.5 Å². The van der Waals surface area contributed by atoms with E-state index in [1.54, 1.807) is 30.3 Å². The summed E-state index contributed by atoms with van der Waals surface area (Å²) in [6.07, 6.45) is 1.17. The summed E-state index contributed by atoms with van der Waals surface area (Å²) in [5.41, 5.74) is 1.55. The number of halogens is 3. The third kappa shape index (κ3) is 5.15. The molecule has 0 radical (unpaired) electrons. The molecule has 1 amide bonds. The van der Waals surface area contributed by atoms with Gasteiger partial charge in [-0.25, -0.2) is 17.2 Å². The highest BCUT2D eigenvalue weighted by molar-refractivity contribution is 7.89. The standard InChI is InChI=1S/C23H16ClF2NO3S2/c1-32(29,30)12-13-2-5-21-15(6-13)9-22(31-21)23(28)27-18-8-14(7-16(24)10-18)19-4-3-17(25)11-20(19)26/h2-11H,12H2,1H3,(H,27,28).